The first-order valence-corrected chi connectivity index (χ1v) is 9.99. The molecule has 2 rings (SSSR count). The third kappa shape index (κ3) is 5.29. The second-order valence-electron chi connectivity index (χ2n) is 6.73. The molecule has 0 radical (unpaired) electrons. The van der Waals surface area contributed by atoms with Gasteiger partial charge in [0.05, 0.1) is 5.75 Å². The van der Waals surface area contributed by atoms with Gasteiger partial charge < -0.3 is 10.6 Å². The van der Waals surface area contributed by atoms with Gasteiger partial charge in [-0.15, -0.1) is 0 Å². The summed E-state index contributed by atoms with van der Waals surface area (Å²) < 4.78 is 26.9. The number of benzene rings is 1. The van der Waals surface area contributed by atoms with Crippen LogP contribution in [0.15, 0.2) is 24.3 Å². The molecule has 7 heteroatoms. The van der Waals surface area contributed by atoms with Crippen LogP contribution in [0.25, 0.3) is 0 Å². The molecule has 24 heavy (non-hydrogen) atoms. The average molecular weight is 353 g/mol. The zero-order valence-corrected chi connectivity index (χ0v) is 15.3. The SMILES string of the molecule is CC(C)NS(=O)(=O)Cc1ccccc1CNC(=O)C(C)C1CNC1. The Morgan fingerprint density at radius 1 is 1.21 bits per heavy atom. The van der Waals surface area contributed by atoms with E-state index in [9.17, 15) is 13.2 Å². The Labute approximate surface area is 144 Å². The van der Waals surface area contributed by atoms with Gasteiger partial charge in [-0.05, 0) is 44.0 Å². The summed E-state index contributed by atoms with van der Waals surface area (Å²) in [6.07, 6.45) is 0. The number of hydrogen-bond acceptors (Lipinski definition) is 4. The fourth-order valence-electron chi connectivity index (χ4n) is 2.70. The Balaban J connectivity index is 1.99. The van der Waals surface area contributed by atoms with Crippen LogP contribution in [-0.2, 0) is 27.1 Å². The minimum atomic E-state index is -3.39. The summed E-state index contributed by atoms with van der Waals surface area (Å²) in [6.45, 7) is 7.62. The maximum atomic E-state index is 12.2. The number of hydrogen-bond donors (Lipinski definition) is 3. The Morgan fingerprint density at radius 2 is 1.83 bits per heavy atom. The average Bonchev–Trinajstić information content (AvgIpc) is 2.42. The van der Waals surface area contributed by atoms with Crippen molar-refractivity contribution in [3.63, 3.8) is 0 Å². The molecule has 0 aliphatic carbocycles. The lowest BCUT2D eigenvalue weighted by atomic mass is 9.88. The molecule has 3 N–H and O–H groups in total. The van der Waals surface area contributed by atoms with Crippen LogP contribution in [0.5, 0.6) is 0 Å². The predicted molar refractivity (Wildman–Crippen MR) is 94.7 cm³/mol. The van der Waals surface area contributed by atoms with Gasteiger partial charge in [-0.3, -0.25) is 4.79 Å². The lowest BCUT2D eigenvalue weighted by molar-refractivity contribution is -0.126. The summed E-state index contributed by atoms with van der Waals surface area (Å²) >= 11 is 0. The molecule has 0 saturated carbocycles. The molecule has 1 aliphatic heterocycles. The third-order valence-corrected chi connectivity index (χ3v) is 5.79. The van der Waals surface area contributed by atoms with Crippen molar-refractivity contribution in [3.05, 3.63) is 35.4 Å². The quantitative estimate of drug-likeness (QED) is 0.650. The van der Waals surface area contributed by atoms with E-state index < -0.39 is 10.0 Å². The summed E-state index contributed by atoms with van der Waals surface area (Å²) in [5.74, 6) is 0.277. The molecule has 0 spiro atoms. The van der Waals surface area contributed by atoms with Crippen LogP contribution in [0, 0.1) is 11.8 Å². The van der Waals surface area contributed by atoms with Crippen molar-refractivity contribution in [1.29, 1.82) is 0 Å². The molecule has 0 bridgehead atoms. The highest BCUT2D eigenvalue weighted by Gasteiger charge is 2.28. The maximum absolute atomic E-state index is 12.2. The molecule has 1 atom stereocenters. The zero-order valence-electron chi connectivity index (χ0n) is 14.5. The van der Waals surface area contributed by atoms with E-state index in [1.807, 2.05) is 25.1 Å². The minimum absolute atomic E-state index is 0.0134. The van der Waals surface area contributed by atoms with Crippen molar-refractivity contribution in [2.45, 2.75) is 39.1 Å². The fourth-order valence-corrected chi connectivity index (χ4v) is 4.19. The van der Waals surface area contributed by atoms with Crippen LogP contribution in [-0.4, -0.2) is 33.5 Å². The minimum Gasteiger partial charge on any atom is -0.352 e. The van der Waals surface area contributed by atoms with Crippen LogP contribution >= 0.6 is 0 Å². The fraction of sp³-hybridized carbons (Fsp3) is 0.588. The second kappa shape index (κ2) is 8.09. The molecule has 1 fully saturated rings. The Morgan fingerprint density at radius 3 is 2.38 bits per heavy atom. The molecule has 1 aromatic carbocycles. The van der Waals surface area contributed by atoms with E-state index in [1.54, 1.807) is 19.9 Å². The van der Waals surface area contributed by atoms with Crippen LogP contribution in [0.1, 0.15) is 31.9 Å². The van der Waals surface area contributed by atoms with Crippen molar-refractivity contribution in [3.8, 4) is 0 Å². The van der Waals surface area contributed by atoms with E-state index in [-0.39, 0.29) is 23.6 Å². The third-order valence-electron chi connectivity index (χ3n) is 4.27. The summed E-state index contributed by atoms with van der Waals surface area (Å²) in [7, 11) is -3.39. The van der Waals surface area contributed by atoms with E-state index in [0.29, 0.717) is 18.0 Å². The first kappa shape index (κ1) is 18.9. The number of carbonyl (C=O) groups excluding carboxylic acids is 1. The Bertz CT molecular complexity index is 669. The normalized spacial score (nSPS) is 16.7. The molecule has 0 aromatic heterocycles. The molecule has 6 nitrogen and oxygen atoms in total. The molecular formula is C17H27N3O3S. The van der Waals surface area contributed by atoms with Gasteiger partial charge in [0.2, 0.25) is 15.9 Å². The van der Waals surface area contributed by atoms with Crippen LogP contribution in [0.3, 0.4) is 0 Å². The zero-order chi connectivity index (χ0) is 17.7. The molecule has 1 unspecified atom stereocenters. The lowest BCUT2D eigenvalue weighted by Gasteiger charge is -2.31. The Hall–Kier alpha value is -1.44. The van der Waals surface area contributed by atoms with E-state index in [0.717, 1.165) is 18.7 Å². The van der Waals surface area contributed by atoms with Crippen LogP contribution in [0.2, 0.25) is 0 Å². The van der Waals surface area contributed by atoms with Gasteiger partial charge in [0.25, 0.3) is 0 Å². The number of amides is 1. The van der Waals surface area contributed by atoms with Gasteiger partial charge in [0.15, 0.2) is 0 Å². The number of rotatable bonds is 8. The molecule has 1 aromatic rings. The number of sulfonamides is 1. The van der Waals surface area contributed by atoms with Gasteiger partial charge in [-0.2, -0.15) is 0 Å². The predicted octanol–water partition coefficient (Wildman–Crippen LogP) is 0.986. The molecule has 1 aliphatic rings. The number of carbonyl (C=O) groups is 1. The molecule has 1 heterocycles. The highest BCUT2D eigenvalue weighted by Crippen LogP contribution is 2.17. The summed E-state index contributed by atoms with van der Waals surface area (Å²) in [5.41, 5.74) is 1.54. The van der Waals surface area contributed by atoms with Crippen LogP contribution in [0.4, 0.5) is 0 Å². The largest absolute Gasteiger partial charge is 0.352 e. The maximum Gasteiger partial charge on any atom is 0.223 e. The highest BCUT2D eigenvalue weighted by atomic mass is 32.2. The Kier molecular flexibility index (Phi) is 6.37. The van der Waals surface area contributed by atoms with Crippen molar-refractivity contribution in [2.75, 3.05) is 13.1 Å². The summed E-state index contributed by atoms with van der Waals surface area (Å²) in [4.78, 5) is 12.2. The van der Waals surface area contributed by atoms with Gasteiger partial charge in [-0.1, -0.05) is 31.2 Å². The van der Waals surface area contributed by atoms with Crippen molar-refractivity contribution < 1.29 is 13.2 Å². The molecule has 134 valence electrons. The lowest BCUT2D eigenvalue weighted by Crippen LogP contribution is -2.49. The van der Waals surface area contributed by atoms with Gasteiger partial charge in [0, 0.05) is 18.5 Å². The van der Waals surface area contributed by atoms with E-state index >= 15 is 0 Å². The van der Waals surface area contributed by atoms with Crippen LogP contribution < -0.4 is 15.4 Å². The van der Waals surface area contributed by atoms with Gasteiger partial charge >= 0.3 is 0 Å². The van der Waals surface area contributed by atoms with Gasteiger partial charge in [0.1, 0.15) is 0 Å². The molecular weight excluding hydrogens is 326 g/mol. The van der Waals surface area contributed by atoms with Crippen molar-refractivity contribution in [2.24, 2.45) is 11.8 Å². The highest BCUT2D eigenvalue weighted by molar-refractivity contribution is 7.88. The topological polar surface area (TPSA) is 87.3 Å². The monoisotopic (exact) mass is 353 g/mol. The summed E-state index contributed by atoms with van der Waals surface area (Å²) in [6, 6.07) is 7.18. The van der Waals surface area contributed by atoms with Crippen molar-refractivity contribution >= 4 is 15.9 Å². The van der Waals surface area contributed by atoms with E-state index in [2.05, 4.69) is 15.4 Å². The standard InChI is InChI=1S/C17H27N3O3S/c1-12(2)20-24(22,23)11-15-7-5-4-6-14(15)10-19-17(21)13(3)16-8-18-9-16/h4-7,12-13,16,18,20H,8-11H2,1-3H3,(H,19,21). The smallest absolute Gasteiger partial charge is 0.223 e. The first-order valence-electron chi connectivity index (χ1n) is 8.33. The summed E-state index contributed by atoms with van der Waals surface area (Å²) in [5, 5.41) is 6.10. The second-order valence-corrected chi connectivity index (χ2v) is 8.48. The first-order chi connectivity index (χ1) is 11.3. The van der Waals surface area contributed by atoms with E-state index in [1.165, 1.54) is 0 Å². The number of nitrogens with one attached hydrogen (secondary N) is 3. The van der Waals surface area contributed by atoms with Gasteiger partial charge in [-0.25, -0.2) is 13.1 Å². The van der Waals surface area contributed by atoms with Crippen molar-refractivity contribution in [1.82, 2.24) is 15.4 Å². The molecule has 1 saturated heterocycles. The van der Waals surface area contributed by atoms with E-state index in [4.69, 9.17) is 0 Å². The molecule has 1 amide bonds.